The molecule has 3 amide bonds. The predicted molar refractivity (Wildman–Crippen MR) is 102 cm³/mol. The van der Waals surface area contributed by atoms with Gasteiger partial charge in [0, 0.05) is 30.8 Å². The highest BCUT2D eigenvalue weighted by atomic mass is 16.2. The van der Waals surface area contributed by atoms with Crippen molar-refractivity contribution in [1.29, 1.82) is 5.26 Å². The Labute approximate surface area is 157 Å². The fourth-order valence-electron chi connectivity index (χ4n) is 2.52. The topological polar surface area (TPSA) is 111 Å². The summed E-state index contributed by atoms with van der Waals surface area (Å²) in [5.74, 6) is -0.926. The zero-order chi connectivity index (χ0) is 20.0. The Hall–Kier alpha value is -3.66. The molecule has 2 aromatic carbocycles. The van der Waals surface area contributed by atoms with E-state index >= 15 is 0 Å². The number of benzene rings is 2. The van der Waals surface area contributed by atoms with E-state index in [0.717, 1.165) is 5.56 Å². The molecule has 0 aliphatic heterocycles. The number of nitriles is 1. The van der Waals surface area contributed by atoms with Crippen LogP contribution in [0.2, 0.25) is 0 Å². The summed E-state index contributed by atoms with van der Waals surface area (Å²) in [5, 5.41) is 16.9. The highest BCUT2D eigenvalue weighted by Gasteiger charge is 2.14. The highest BCUT2D eigenvalue weighted by Crippen LogP contribution is 2.21. The van der Waals surface area contributed by atoms with Gasteiger partial charge in [0.15, 0.2) is 0 Å². The molecule has 2 rings (SSSR count). The average Bonchev–Trinajstić information content (AvgIpc) is 2.60. The Morgan fingerprint density at radius 3 is 1.89 bits per heavy atom. The molecule has 3 N–H and O–H groups in total. The van der Waals surface area contributed by atoms with Gasteiger partial charge >= 0.3 is 0 Å². The summed E-state index contributed by atoms with van der Waals surface area (Å²) < 4.78 is 0. The zero-order valence-corrected chi connectivity index (χ0v) is 15.3. The Balaban J connectivity index is 2.23. The van der Waals surface area contributed by atoms with E-state index in [0.29, 0.717) is 22.5 Å². The van der Waals surface area contributed by atoms with Crippen molar-refractivity contribution in [3.8, 4) is 6.07 Å². The quantitative estimate of drug-likeness (QED) is 0.757. The van der Waals surface area contributed by atoms with Gasteiger partial charge in [-0.1, -0.05) is 12.1 Å². The lowest BCUT2D eigenvalue weighted by molar-refractivity contribution is -0.115. The van der Waals surface area contributed by atoms with Gasteiger partial charge < -0.3 is 16.0 Å². The van der Waals surface area contributed by atoms with Crippen molar-refractivity contribution < 1.29 is 14.4 Å². The Morgan fingerprint density at radius 1 is 0.926 bits per heavy atom. The van der Waals surface area contributed by atoms with E-state index in [1.165, 1.54) is 26.0 Å². The molecule has 1 unspecified atom stereocenters. The van der Waals surface area contributed by atoms with Crippen molar-refractivity contribution in [2.75, 3.05) is 10.6 Å². The van der Waals surface area contributed by atoms with E-state index in [9.17, 15) is 14.4 Å². The predicted octanol–water partition coefficient (Wildman–Crippen LogP) is 2.97. The summed E-state index contributed by atoms with van der Waals surface area (Å²) in [6.45, 7) is 4.54. The Morgan fingerprint density at radius 2 is 1.44 bits per heavy atom. The number of nitrogens with zero attached hydrogens (tertiary/aromatic N) is 1. The van der Waals surface area contributed by atoms with Crippen LogP contribution in [0.4, 0.5) is 11.4 Å². The van der Waals surface area contributed by atoms with Gasteiger partial charge in [-0.3, -0.25) is 14.4 Å². The molecule has 0 fully saturated rings. The highest BCUT2D eigenvalue weighted by molar-refractivity contribution is 6.00. The number of rotatable bonds is 5. The molecule has 1 atom stereocenters. The molecule has 0 heterocycles. The van der Waals surface area contributed by atoms with Crippen LogP contribution < -0.4 is 16.0 Å². The number of nitrogens with one attached hydrogen (secondary N) is 3. The molecular formula is C20H20N4O3. The monoisotopic (exact) mass is 364 g/mol. The van der Waals surface area contributed by atoms with Crippen LogP contribution in [0.3, 0.4) is 0 Å². The van der Waals surface area contributed by atoms with E-state index < -0.39 is 0 Å². The molecule has 0 aliphatic carbocycles. The Bertz CT molecular complexity index is 880. The van der Waals surface area contributed by atoms with Gasteiger partial charge in [-0.15, -0.1) is 0 Å². The molecule has 0 aromatic heterocycles. The lowest BCUT2D eigenvalue weighted by Gasteiger charge is -2.16. The molecule has 0 aliphatic rings. The molecule has 27 heavy (non-hydrogen) atoms. The van der Waals surface area contributed by atoms with Gasteiger partial charge in [-0.05, 0) is 42.8 Å². The van der Waals surface area contributed by atoms with Crippen LogP contribution in [0.25, 0.3) is 0 Å². The minimum Gasteiger partial charge on any atom is -0.346 e. The minimum absolute atomic E-state index is 0.285. The van der Waals surface area contributed by atoms with Gasteiger partial charge in [-0.2, -0.15) is 5.26 Å². The van der Waals surface area contributed by atoms with Crippen LogP contribution in [0.1, 0.15) is 48.3 Å². The van der Waals surface area contributed by atoms with Gasteiger partial charge in [0.2, 0.25) is 11.8 Å². The first-order valence-electron chi connectivity index (χ1n) is 8.29. The molecule has 2 aromatic rings. The first-order chi connectivity index (χ1) is 12.8. The smallest absolute Gasteiger partial charge is 0.251 e. The number of hydrogen-bond donors (Lipinski definition) is 3. The standard InChI is InChI=1S/C20H20N4O3/c1-12(16-6-4-15(11-21)5-7-16)22-20(27)17-8-18(23-13(2)25)10-19(9-17)24-14(3)26/h4-10,12H,1-3H3,(H,22,27)(H,23,25)(H,24,26). The molecule has 0 saturated heterocycles. The van der Waals surface area contributed by atoms with Gasteiger partial charge in [0.1, 0.15) is 0 Å². The van der Waals surface area contributed by atoms with Gasteiger partial charge in [0.05, 0.1) is 17.7 Å². The second-order valence-corrected chi connectivity index (χ2v) is 6.09. The van der Waals surface area contributed by atoms with E-state index in [2.05, 4.69) is 16.0 Å². The van der Waals surface area contributed by atoms with Crippen LogP contribution in [0.5, 0.6) is 0 Å². The van der Waals surface area contributed by atoms with Crippen molar-refractivity contribution >= 4 is 29.1 Å². The average molecular weight is 364 g/mol. The summed E-state index contributed by atoms with van der Waals surface area (Å²) in [4.78, 5) is 35.3. The fourth-order valence-corrected chi connectivity index (χ4v) is 2.52. The molecule has 138 valence electrons. The molecule has 0 saturated carbocycles. The summed E-state index contributed by atoms with van der Waals surface area (Å²) in [6, 6.07) is 13.3. The van der Waals surface area contributed by atoms with Crippen molar-refractivity contribution in [2.24, 2.45) is 0 Å². The van der Waals surface area contributed by atoms with Crippen LogP contribution >= 0.6 is 0 Å². The van der Waals surface area contributed by atoms with Crippen LogP contribution in [-0.2, 0) is 9.59 Å². The third kappa shape index (κ3) is 5.68. The third-order valence-electron chi connectivity index (χ3n) is 3.72. The second kappa shape index (κ2) is 8.63. The molecule has 7 nitrogen and oxygen atoms in total. The maximum Gasteiger partial charge on any atom is 0.251 e. The molecule has 0 bridgehead atoms. The number of amides is 3. The first kappa shape index (κ1) is 19.7. The fraction of sp³-hybridized carbons (Fsp3) is 0.200. The van der Waals surface area contributed by atoms with Crippen molar-refractivity contribution in [3.05, 3.63) is 59.2 Å². The summed E-state index contributed by atoms with van der Waals surface area (Å²) in [5.41, 5.74) is 2.50. The maximum atomic E-state index is 12.6. The molecular weight excluding hydrogens is 344 g/mol. The molecule has 0 radical (unpaired) electrons. The van der Waals surface area contributed by atoms with Crippen molar-refractivity contribution in [1.82, 2.24) is 5.32 Å². The van der Waals surface area contributed by atoms with Gasteiger partial charge in [0.25, 0.3) is 5.91 Å². The largest absolute Gasteiger partial charge is 0.346 e. The molecule has 0 spiro atoms. The second-order valence-electron chi connectivity index (χ2n) is 6.09. The van der Waals surface area contributed by atoms with E-state index in [4.69, 9.17) is 5.26 Å². The Kier molecular flexibility index (Phi) is 6.28. The van der Waals surface area contributed by atoms with Crippen molar-refractivity contribution in [2.45, 2.75) is 26.8 Å². The van der Waals surface area contributed by atoms with E-state index in [-0.39, 0.29) is 23.8 Å². The number of hydrogen-bond acceptors (Lipinski definition) is 4. The van der Waals surface area contributed by atoms with Crippen LogP contribution in [-0.4, -0.2) is 17.7 Å². The van der Waals surface area contributed by atoms with Crippen LogP contribution in [0, 0.1) is 11.3 Å². The maximum absolute atomic E-state index is 12.6. The third-order valence-corrected chi connectivity index (χ3v) is 3.72. The SMILES string of the molecule is CC(=O)Nc1cc(NC(C)=O)cc(C(=O)NC(C)c2ccc(C#N)cc2)c1. The van der Waals surface area contributed by atoms with Gasteiger partial charge in [-0.25, -0.2) is 0 Å². The van der Waals surface area contributed by atoms with E-state index in [1.807, 2.05) is 13.0 Å². The normalized spacial score (nSPS) is 11.0. The summed E-state index contributed by atoms with van der Waals surface area (Å²) in [7, 11) is 0. The lowest BCUT2D eigenvalue weighted by Crippen LogP contribution is -2.27. The first-order valence-corrected chi connectivity index (χ1v) is 8.29. The van der Waals surface area contributed by atoms with Crippen molar-refractivity contribution in [3.63, 3.8) is 0 Å². The summed E-state index contributed by atoms with van der Waals surface area (Å²) in [6.07, 6.45) is 0. The van der Waals surface area contributed by atoms with Crippen LogP contribution in [0.15, 0.2) is 42.5 Å². The zero-order valence-electron chi connectivity index (χ0n) is 15.3. The number of anilines is 2. The minimum atomic E-state index is -0.356. The number of carbonyl (C=O) groups is 3. The number of carbonyl (C=O) groups excluding carboxylic acids is 3. The molecule has 7 heteroatoms. The summed E-state index contributed by atoms with van der Waals surface area (Å²) >= 11 is 0. The van der Waals surface area contributed by atoms with E-state index in [1.54, 1.807) is 30.3 Å². The lowest BCUT2D eigenvalue weighted by atomic mass is 10.1.